The van der Waals surface area contributed by atoms with Crippen molar-refractivity contribution in [3.8, 4) is 11.5 Å². The lowest BCUT2D eigenvalue weighted by molar-refractivity contribution is -0.146. The van der Waals surface area contributed by atoms with Gasteiger partial charge in [-0.1, -0.05) is 26.8 Å². The van der Waals surface area contributed by atoms with E-state index in [0.29, 0.717) is 42.2 Å². The molecule has 0 amide bonds. The number of carbonyl (C=O) groups is 2. The van der Waals surface area contributed by atoms with Gasteiger partial charge in [-0.05, 0) is 42.9 Å². The lowest BCUT2D eigenvalue weighted by atomic mass is 9.67. The first-order valence-corrected chi connectivity index (χ1v) is 10.2. The zero-order valence-electron chi connectivity index (χ0n) is 17.4. The van der Waals surface area contributed by atoms with Crippen molar-refractivity contribution < 1.29 is 23.8 Å². The number of Topliss-reactive ketones (excluding diaryl/α,β-unsaturated/α-hetero) is 1. The molecule has 1 aromatic carbocycles. The molecule has 154 valence electrons. The molecule has 0 saturated heterocycles. The predicted octanol–water partition coefficient (Wildman–Crippen LogP) is 4.19. The zero-order valence-corrected chi connectivity index (χ0v) is 17.4. The SMILES string of the molecule is CCCOC(=O)C1C(C)=NC2=C(C(=O)CC(C)(C)C2)[C@@H]1c1ccc2c(c1)OCO2. The maximum absolute atomic E-state index is 13.2. The van der Waals surface area contributed by atoms with Crippen LogP contribution in [-0.2, 0) is 14.3 Å². The highest BCUT2D eigenvalue weighted by molar-refractivity contribution is 6.09. The van der Waals surface area contributed by atoms with E-state index in [1.807, 2.05) is 32.0 Å². The Balaban J connectivity index is 1.83. The van der Waals surface area contributed by atoms with Crippen molar-refractivity contribution >= 4 is 17.5 Å². The Morgan fingerprint density at radius 1 is 1.24 bits per heavy atom. The van der Waals surface area contributed by atoms with Gasteiger partial charge in [0.1, 0.15) is 5.92 Å². The molecule has 1 aromatic rings. The molecule has 3 aliphatic rings. The van der Waals surface area contributed by atoms with Gasteiger partial charge in [0.15, 0.2) is 17.3 Å². The number of fused-ring (bicyclic) bond motifs is 1. The molecule has 2 atom stereocenters. The van der Waals surface area contributed by atoms with Crippen molar-refractivity contribution in [3.05, 3.63) is 35.0 Å². The smallest absolute Gasteiger partial charge is 0.315 e. The van der Waals surface area contributed by atoms with Crippen molar-refractivity contribution in [3.63, 3.8) is 0 Å². The van der Waals surface area contributed by atoms with Gasteiger partial charge in [-0.25, -0.2) is 0 Å². The molecule has 0 N–H and O–H groups in total. The Hall–Kier alpha value is -2.63. The minimum absolute atomic E-state index is 0.0588. The molecule has 29 heavy (non-hydrogen) atoms. The highest BCUT2D eigenvalue weighted by Gasteiger charge is 2.46. The molecule has 0 spiro atoms. The molecule has 2 aliphatic heterocycles. The minimum Gasteiger partial charge on any atom is -0.465 e. The number of ketones is 1. The molecule has 0 bridgehead atoms. The molecule has 0 saturated carbocycles. The summed E-state index contributed by atoms with van der Waals surface area (Å²) in [4.78, 5) is 30.9. The molecular formula is C23H27NO5. The minimum atomic E-state index is -0.620. The Bertz CT molecular complexity index is 927. The third kappa shape index (κ3) is 3.56. The van der Waals surface area contributed by atoms with Gasteiger partial charge in [0.05, 0.1) is 6.61 Å². The summed E-state index contributed by atoms with van der Waals surface area (Å²) in [6.45, 7) is 8.50. The van der Waals surface area contributed by atoms with Gasteiger partial charge in [0, 0.05) is 29.3 Å². The lowest BCUT2D eigenvalue weighted by Crippen LogP contribution is -2.39. The summed E-state index contributed by atoms with van der Waals surface area (Å²) in [6.07, 6.45) is 1.89. The van der Waals surface area contributed by atoms with Crippen LogP contribution in [0.2, 0.25) is 0 Å². The second-order valence-corrected chi connectivity index (χ2v) is 8.79. The lowest BCUT2D eigenvalue weighted by Gasteiger charge is -2.39. The largest absolute Gasteiger partial charge is 0.465 e. The summed E-state index contributed by atoms with van der Waals surface area (Å²) in [7, 11) is 0. The quantitative estimate of drug-likeness (QED) is 0.713. The van der Waals surface area contributed by atoms with Crippen molar-refractivity contribution in [1.29, 1.82) is 0 Å². The van der Waals surface area contributed by atoms with Crippen LogP contribution >= 0.6 is 0 Å². The molecule has 0 radical (unpaired) electrons. The molecule has 1 aliphatic carbocycles. The average molecular weight is 397 g/mol. The fraction of sp³-hybridized carbons (Fsp3) is 0.522. The van der Waals surface area contributed by atoms with Crippen LogP contribution in [0.4, 0.5) is 0 Å². The van der Waals surface area contributed by atoms with E-state index in [-0.39, 0.29) is 24.0 Å². The average Bonchev–Trinajstić information content (AvgIpc) is 3.11. The van der Waals surface area contributed by atoms with E-state index < -0.39 is 11.8 Å². The van der Waals surface area contributed by atoms with Crippen LogP contribution in [0, 0.1) is 11.3 Å². The standard InChI is InChI=1S/C23H27NO5/c1-5-8-27-22(26)19-13(2)24-15-10-23(3,4)11-16(25)21(15)20(19)14-6-7-17-18(9-14)29-12-28-17/h6-7,9,19-20H,5,8,10-12H2,1-4H3/t19?,20-/m1/s1. The van der Waals surface area contributed by atoms with Gasteiger partial charge in [-0.15, -0.1) is 0 Å². The summed E-state index contributed by atoms with van der Waals surface area (Å²) in [5, 5.41) is 0. The van der Waals surface area contributed by atoms with E-state index in [0.717, 1.165) is 17.7 Å². The monoisotopic (exact) mass is 397 g/mol. The number of hydrogen-bond donors (Lipinski definition) is 0. The molecule has 6 nitrogen and oxygen atoms in total. The Morgan fingerprint density at radius 3 is 2.76 bits per heavy atom. The second-order valence-electron chi connectivity index (χ2n) is 8.79. The van der Waals surface area contributed by atoms with E-state index in [1.165, 1.54) is 0 Å². The van der Waals surface area contributed by atoms with Gasteiger partial charge in [-0.3, -0.25) is 14.6 Å². The molecule has 1 unspecified atom stereocenters. The number of hydrogen-bond acceptors (Lipinski definition) is 6. The van der Waals surface area contributed by atoms with Crippen LogP contribution in [0.5, 0.6) is 11.5 Å². The molecule has 0 aromatic heterocycles. The van der Waals surface area contributed by atoms with Crippen molar-refractivity contribution in [2.24, 2.45) is 16.3 Å². The third-order valence-electron chi connectivity index (χ3n) is 5.76. The molecule has 2 heterocycles. The Labute approximate surface area is 170 Å². The van der Waals surface area contributed by atoms with Gasteiger partial charge in [0.25, 0.3) is 0 Å². The first-order valence-electron chi connectivity index (χ1n) is 10.2. The fourth-order valence-electron chi connectivity index (χ4n) is 4.51. The van der Waals surface area contributed by atoms with Crippen molar-refractivity contribution in [2.75, 3.05) is 13.4 Å². The first-order chi connectivity index (χ1) is 13.8. The second kappa shape index (κ2) is 7.32. The summed E-state index contributed by atoms with van der Waals surface area (Å²) in [5.41, 5.74) is 2.84. The highest BCUT2D eigenvalue weighted by Crippen LogP contribution is 2.49. The molecular weight excluding hydrogens is 370 g/mol. The summed E-state index contributed by atoms with van der Waals surface area (Å²) in [6, 6.07) is 5.63. The number of esters is 1. The summed E-state index contributed by atoms with van der Waals surface area (Å²) in [5.74, 6) is -0.0151. The Morgan fingerprint density at radius 2 is 2.00 bits per heavy atom. The van der Waals surface area contributed by atoms with Crippen LogP contribution in [0.25, 0.3) is 0 Å². The normalized spacial score (nSPS) is 24.8. The summed E-state index contributed by atoms with van der Waals surface area (Å²) >= 11 is 0. The van der Waals surface area contributed by atoms with E-state index in [9.17, 15) is 9.59 Å². The predicted molar refractivity (Wildman–Crippen MR) is 108 cm³/mol. The number of allylic oxidation sites excluding steroid dienone is 2. The van der Waals surface area contributed by atoms with Crippen LogP contribution < -0.4 is 9.47 Å². The maximum Gasteiger partial charge on any atom is 0.315 e. The van der Waals surface area contributed by atoms with E-state index >= 15 is 0 Å². The van der Waals surface area contributed by atoms with Gasteiger partial charge >= 0.3 is 5.97 Å². The van der Waals surface area contributed by atoms with Crippen molar-refractivity contribution in [1.82, 2.24) is 0 Å². The van der Waals surface area contributed by atoms with Crippen LogP contribution in [0.3, 0.4) is 0 Å². The maximum atomic E-state index is 13.2. The molecule has 6 heteroatoms. The number of nitrogens with zero attached hydrogens (tertiary/aromatic N) is 1. The number of aliphatic imine (C=N–C) groups is 1. The van der Waals surface area contributed by atoms with Crippen molar-refractivity contribution in [2.45, 2.75) is 52.9 Å². The van der Waals surface area contributed by atoms with E-state index in [1.54, 1.807) is 0 Å². The van der Waals surface area contributed by atoms with Gasteiger partial charge < -0.3 is 14.2 Å². The fourth-order valence-corrected chi connectivity index (χ4v) is 4.51. The topological polar surface area (TPSA) is 74.2 Å². The van der Waals surface area contributed by atoms with Crippen LogP contribution in [-0.4, -0.2) is 30.9 Å². The summed E-state index contributed by atoms with van der Waals surface area (Å²) < 4.78 is 16.5. The first kappa shape index (κ1) is 19.7. The number of carbonyl (C=O) groups excluding carboxylic acids is 2. The number of rotatable bonds is 4. The van der Waals surface area contributed by atoms with Gasteiger partial charge in [-0.2, -0.15) is 0 Å². The number of benzene rings is 1. The highest BCUT2D eigenvalue weighted by atomic mass is 16.7. The molecule has 4 rings (SSSR count). The van der Waals surface area contributed by atoms with E-state index in [4.69, 9.17) is 19.2 Å². The Kier molecular flexibility index (Phi) is 4.97. The van der Waals surface area contributed by atoms with E-state index in [2.05, 4.69) is 13.8 Å². The third-order valence-corrected chi connectivity index (χ3v) is 5.76. The zero-order chi connectivity index (χ0) is 20.8. The van der Waals surface area contributed by atoms with Gasteiger partial charge in [0.2, 0.25) is 6.79 Å². The molecule has 0 fully saturated rings. The van der Waals surface area contributed by atoms with Crippen LogP contribution in [0.15, 0.2) is 34.5 Å². The number of ether oxygens (including phenoxy) is 3. The van der Waals surface area contributed by atoms with Crippen LogP contribution in [0.1, 0.15) is 58.4 Å².